The second kappa shape index (κ2) is 7.33. The molecular formula is C12H20N2O2. The summed E-state index contributed by atoms with van der Waals surface area (Å²) < 4.78 is 5.21. The van der Waals surface area contributed by atoms with E-state index in [1.165, 1.54) is 0 Å². The summed E-state index contributed by atoms with van der Waals surface area (Å²) in [5.41, 5.74) is 6.51. The monoisotopic (exact) mass is 224 g/mol. The molecule has 4 nitrogen and oxygen atoms in total. The number of pyridine rings is 1. The molecule has 0 aliphatic rings. The number of aromatic nitrogens is 1. The first kappa shape index (κ1) is 13.1. The summed E-state index contributed by atoms with van der Waals surface area (Å²) in [4.78, 5) is 4.22. The van der Waals surface area contributed by atoms with Gasteiger partial charge < -0.3 is 15.6 Å². The topological polar surface area (TPSA) is 68.4 Å². The average molecular weight is 224 g/mol. The van der Waals surface area contributed by atoms with Gasteiger partial charge in [0.05, 0.1) is 6.10 Å². The number of nitrogens with two attached hydrogens (primary N) is 1. The Morgan fingerprint density at radius 3 is 2.88 bits per heavy atom. The van der Waals surface area contributed by atoms with E-state index in [9.17, 15) is 5.11 Å². The van der Waals surface area contributed by atoms with Crippen LogP contribution in [0.3, 0.4) is 0 Å². The molecule has 90 valence electrons. The molecule has 1 aromatic heterocycles. The third kappa shape index (κ3) is 3.89. The molecule has 0 aliphatic heterocycles. The number of aliphatic hydroxyl groups excluding tert-OH is 1. The quantitative estimate of drug-likeness (QED) is 0.676. The Balaban J connectivity index is 2.53. The number of hydrogen-bond acceptors (Lipinski definition) is 4. The van der Waals surface area contributed by atoms with Gasteiger partial charge in [0.25, 0.3) is 0 Å². The van der Waals surface area contributed by atoms with E-state index < -0.39 is 6.10 Å². The molecule has 0 saturated heterocycles. The molecular weight excluding hydrogens is 204 g/mol. The first-order chi connectivity index (χ1) is 7.79. The van der Waals surface area contributed by atoms with E-state index in [0.717, 1.165) is 5.69 Å². The van der Waals surface area contributed by atoms with Crippen molar-refractivity contribution in [3.05, 3.63) is 30.1 Å². The van der Waals surface area contributed by atoms with E-state index in [1.807, 2.05) is 25.1 Å². The number of ether oxygens (including phenoxy) is 1. The minimum absolute atomic E-state index is 0.110. The van der Waals surface area contributed by atoms with Gasteiger partial charge in [-0.25, -0.2) is 0 Å². The number of hydrogen-bond donors (Lipinski definition) is 2. The molecule has 0 aliphatic carbocycles. The summed E-state index contributed by atoms with van der Waals surface area (Å²) in [6.07, 6.45) is 1.81. The highest BCUT2D eigenvalue weighted by molar-refractivity contribution is 5.11. The summed E-state index contributed by atoms with van der Waals surface area (Å²) in [6.45, 7) is 3.56. The molecule has 1 aromatic rings. The molecule has 1 heterocycles. The maximum atomic E-state index is 9.99. The van der Waals surface area contributed by atoms with Crippen molar-refractivity contribution < 1.29 is 9.84 Å². The SMILES string of the molecule is CCOCCC(O)C(CN)c1ccccn1. The van der Waals surface area contributed by atoms with Crippen LogP contribution in [0.2, 0.25) is 0 Å². The Morgan fingerprint density at radius 1 is 1.50 bits per heavy atom. The fourth-order valence-electron chi connectivity index (χ4n) is 1.62. The number of nitrogens with zero attached hydrogens (tertiary/aromatic N) is 1. The van der Waals surface area contributed by atoms with Crippen molar-refractivity contribution in [2.24, 2.45) is 5.73 Å². The molecule has 0 aromatic carbocycles. The molecule has 3 N–H and O–H groups in total. The van der Waals surface area contributed by atoms with Crippen LogP contribution in [0.25, 0.3) is 0 Å². The van der Waals surface area contributed by atoms with Crippen LogP contribution < -0.4 is 5.73 Å². The predicted molar refractivity (Wildman–Crippen MR) is 63.1 cm³/mol. The van der Waals surface area contributed by atoms with Crippen molar-refractivity contribution in [2.45, 2.75) is 25.4 Å². The zero-order valence-corrected chi connectivity index (χ0v) is 9.67. The van der Waals surface area contributed by atoms with Crippen LogP contribution in [0.5, 0.6) is 0 Å². The normalized spacial score (nSPS) is 14.7. The summed E-state index contributed by atoms with van der Waals surface area (Å²) in [7, 11) is 0. The molecule has 4 heteroatoms. The Kier molecular flexibility index (Phi) is 6.00. The first-order valence-electron chi connectivity index (χ1n) is 5.66. The summed E-state index contributed by atoms with van der Waals surface area (Å²) in [5.74, 6) is -0.110. The van der Waals surface area contributed by atoms with E-state index in [1.54, 1.807) is 6.20 Å². The lowest BCUT2D eigenvalue weighted by Crippen LogP contribution is -2.27. The van der Waals surface area contributed by atoms with E-state index in [2.05, 4.69) is 4.98 Å². The highest BCUT2D eigenvalue weighted by Crippen LogP contribution is 2.18. The Bertz CT molecular complexity index is 280. The maximum Gasteiger partial charge on any atom is 0.0658 e. The van der Waals surface area contributed by atoms with Crippen molar-refractivity contribution >= 4 is 0 Å². The third-order valence-electron chi connectivity index (χ3n) is 2.55. The van der Waals surface area contributed by atoms with Gasteiger partial charge in [0.15, 0.2) is 0 Å². The fourth-order valence-corrected chi connectivity index (χ4v) is 1.62. The molecule has 16 heavy (non-hydrogen) atoms. The molecule has 0 fully saturated rings. The highest BCUT2D eigenvalue weighted by Gasteiger charge is 2.20. The largest absolute Gasteiger partial charge is 0.392 e. The second-order valence-electron chi connectivity index (χ2n) is 3.65. The van der Waals surface area contributed by atoms with Gasteiger partial charge >= 0.3 is 0 Å². The molecule has 2 atom stereocenters. The molecule has 0 bridgehead atoms. The van der Waals surface area contributed by atoms with E-state index in [-0.39, 0.29) is 5.92 Å². The van der Waals surface area contributed by atoms with Crippen molar-refractivity contribution in [1.29, 1.82) is 0 Å². The second-order valence-corrected chi connectivity index (χ2v) is 3.65. The molecule has 0 spiro atoms. The smallest absolute Gasteiger partial charge is 0.0658 e. The van der Waals surface area contributed by atoms with Gasteiger partial charge in [0.1, 0.15) is 0 Å². The van der Waals surface area contributed by atoms with Crippen LogP contribution in [0.4, 0.5) is 0 Å². The van der Waals surface area contributed by atoms with Crippen molar-refractivity contribution in [2.75, 3.05) is 19.8 Å². The lowest BCUT2D eigenvalue weighted by atomic mass is 9.96. The highest BCUT2D eigenvalue weighted by atomic mass is 16.5. The van der Waals surface area contributed by atoms with Crippen molar-refractivity contribution in [3.8, 4) is 0 Å². The first-order valence-corrected chi connectivity index (χ1v) is 5.66. The van der Waals surface area contributed by atoms with E-state index >= 15 is 0 Å². The Labute approximate surface area is 96.5 Å². The summed E-state index contributed by atoms with van der Waals surface area (Å²) in [5, 5.41) is 9.99. The zero-order chi connectivity index (χ0) is 11.8. The number of rotatable bonds is 7. The van der Waals surface area contributed by atoms with E-state index in [0.29, 0.717) is 26.2 Å². The van der Waals surface area contributed by atoms with E-state index in [4.69, 9.17) is 10.5 Å². The molecule has 1 rings (SSSR count). The van der Waals surface area contributed by atoms with Crippen LogP contribution in [-0.4, -0.2) is 36.0 Å². The average Bonchev–Trinajstić information content (AvgIpc) is 2.32. The van der Waals surface area contributed by atoms with Gasteiger partial charge in [-0.2, -0.15) is 0 Å². The van der Waals surface area contributed by atoms with Crippen molar-refractivity contribution in [3.63, 3.8) is 0 Å². The third-order valence-corrected chi connectivity index (χ3v) is 2.55. The van der Waals surface area contributed by atoms with Gasteiger partial charge in [-0.1, -0.05) is 6.07 Å². The van der Waals surface area contributed by atoms with Crippen LogP contribution in [0.15, 0.2) is 24.4 Å². The van der Waals surface area contributed by atoms with Crippen molar-refractivity contribution in [1.82, 2.24) is 4.98 Å². The lowest BCUT2D eigenvalue weighted by molar-refractivity contribution is 0.0745. The number of aliphatic hydroxyl groups is 1. The molecule has 0 radical (unpaired) electrons. The summed E-state index contributed by atoms with van der Waals surface area (Å²) >= 11 is 0. The van der Waals surface area contributed by atoms with Gasteiger partial charge in [0.2, 0.25) is 0 Å². The van der Waals surface area contributed by atoms with Gasteiger partial charge in [-0.3, -0.25) is 4.98 Å². The van der Waals surface area contributed by atoms with Crippen LogP contribution >= 0.6 is 0 Å². The molecule has 2 unspecified atom stereocenters. The fraction of sp³-hybridized carbons (Fsp3) is 0.583. The van der Waals surface area contributed by atoms with Crippen LogP contribution in [-0.2, 0) is 4.74 Å². The van der Waals surface area contributed by atoms with Crippen LogP contribution in [0, 0.1) is 0 Å². The van der Waals surface area contributed by atoms with Crippen LogP contribution in [0.1, 0.15) is 25.0 Å². The lowest BCUT2D eigenvalue weighted by Gasteiger charge is -2.20. The van der Waals surface area contributed by atoms with Gasteiger partial charge in [0, 0.05) is 37.6 Å². The molecule has 0 amide bonds. The molecule has 0 saturated carbocycles. The Morgan fingerprint density at radius 2 is 2.31 bits per heavy atom. The minimum Gasteiger partial charge on any atom is -0.392 e. The maximum absolute atomic E-state index is 9.99. The van der Waals surface area contributed by atoms with Gasteiger partial charge in [-0.15, -0.1) is 0 Å². The van der Waals surface area contributed by atoms with Gasteiger partial charge in [-0.05, 0) is 25.5 Å². The predicted octanol–water partition coefficient (Wildman–Crippen LogP) is 0.911. The standard InChI is InChI=1S/C12H20N2O2/c1-2-16-8-6-12(15)10(9-13)11-5-3-4-7-14-11/h3-5,7,10,12,15H,2,6,8-9,13H2,1H3. The Hall–Kier alpha value is -0.970. The zero-order valence-electron chi connectivity index (χ0n) is 9.67. The summed E-state index contributed by atoms with van der Waals surface area (Å²) in [6, 6.07) is 5.64. The minimum atomic E-state index is -0.494.